The molecular weight excluding hydrogens is 392 g/mol. The van der Waals surface area contributed by atoms with Gasteiger partial charge >= 0.3 is 0 Å². The van der Waals surface area contributed by atoms with Crippen LogP contribution in [0.1, 0.15) is 24.0 Å². The highest BCUT2D eigenvalue weighted by Crippen LogP contribution is 2.39. The fraction of sp³-hybridized carbons (Fsp3) is 0.458. The van der Waals surface area contributed by atoms with Gasteiger partial charge in [0.25, 0.3) is 0 Å². The summed E-state index contributed by atoms with van der Waals surface area (Å²) < 4.78 is 16.4. The van der Waals surface area contributed by atoms with Crippen LogP contribution >= 0.6 is 0 Å². The topological polar surface area (TPSA) is 67.4 Å². The molecule has 168 valence electrons. The van der Waals surface area contributed by atoms with E-state index in [1.165, 1.54) is 5.56 Å². The number of piperidine rings is 1. The Morgan fingerprint density at radius 1 is 0.968 bits per heavy atom. The Labute approximate surface area is 185 Å². The number of benzene rings is 2. The smallest absolute Gasteiger partial charge is 0.203 e. The Kier molecular flexibility index (Phi) is 8.41. The van der Waals surface area contributed by atoms with E-state index < -0.39 is 0 Å². The molecule has 31 heavy (non-hydrogen) atoms. The molecule has 0 radical (unpaired) electrons. The van der Waals surface area contributed by atoms with Crippen LogP contribution in [0.5, 0.6) is 17.2 Å². The highest BCUT2D eigenvalue weighted by molar-refractivity contribution is 5.80. The lowest BCUT2D eigenvalue weighted by molar-refractivity contribution is 0.198. The van der Waals surface area contributed by atoms with E-state index in [9.17, 15) is 0 Å². The lowest BCUT2D eigenvalue weighted by Gasteiger charge is -2.33. The minimum Gasteiger partial charge on any atom is -0.493 e. The van der Waals surface area contributed by atoms with Crippen LogP contribution in [0.3, 0.4) is 0 Å². The van der Waals surface area contributed by atoms with Crippen molar-refractivity contribution in [3.8, 4) is 17.2 Å². The van der Waals surface area contributed by atoms with E-state index in [1.807, 2.05) is 12.1 Å². The van der Waals surface area contributed by atoms with Gasteiger partial charge in [0.05, 0.1) is 21.3 Å². The van der Waals surface area contributed by atoms with Crippen LogP contribution in [0.25, 0.3) is 0 Å². The molecule has 7 heteroatoms. The van der Waals surface area contributed by atoms with Gasteiger partial charge in [-0.25, -0.2) is 0 Å². The molecule has 0 atom stereocenters. The molecule has 1 saturated heterocycles. The molecule has 0 bridgehead atoms. The van der Waals surface area contributed by atoms with Crippen molar-refractivity contribution in [2.24, 2.45) is 4.99 Å². The number of ether oxygens (including phenoxy) is 3. The van der Waals surface area contributed by atoms with Crippen LogP contribution in [-0.2, 0) is 13.1 Å². The Bertz CT molecular complexity index is 849. The van der Waals surface area contributed by atoms with Gasteiger partial charge in [0.2, 0.25) is 5.75 Å². The lowest BCUT2D eigenvalue weighted by atomic mass is 10.0. The van der Waals surface area contributed by atoms with E-state index in [4.69, 9.17) is 14.2 Å². The molecular formula is C24H34N4O3. The number of rotatable bonds is 8. The summed E-state index contributed by atoms with van der Waals surface area (Å²) in [5.41, 5.74) is 2.34. The van der Waals surface area contributed by atoms with Gasteiger partial charge in [-0.3, -0.25) is 9.89 Å². The van der Waals surface area contributed by atoms with Gasteiger partial charge in [-0.2, -0.15) is 0 Å². The maximum absolute atomic E-state index is 5.58. The summed E-state index contributed by atoms with van der Waals surface area (Å²) in [6, 6.07) is 14.9. The van der Waals surface area contributed by atoms with Crippen molar-refractivity contribution in [3.05, 3.63) is 53.6 Å². The molecule has 0 saturated carbocycles. The Morgan fingerprint density at radius 2 is 1.68 bits per heavy atom. The Morgan fingerprint density at radius 3 is 2.29 bits per heavy atom. The maximum Gasteiger partial charge on any atom is 0.203 e. The molecule has 0 spiro atoms. The molecule has 2 aromatic carbocycles. The predicted molar refractivity (Wildman–Crippen MR) is 124 cm³/mol. The molecule has 1 heterocycles. The van der Waals surface area contributed by atoms with Gasteiger partial charge in [0.15, 0.2) is 17.5 Å². The number of guanidine groups is 1. The lowest BCUT2D eigenvalue weighted by Crippen LogP contribution is -2.48. The minimum atomic E-state index is 0.408. The normalized spacial score (nSPS) is 15.4. The number of nitrogens with zero attached hydrogens (tertiary/aromatic N) is 2. The van der Waals surface area contributed by atoms with Gasteiger partial charge < -0.3 is 24.8 Å². The molecule has 2 N–H and O–H groups in total. The first-order valence-electron chi connectivity index (χ1n) is 10.7. The molecule has 0 aromatic heterocycles. The number of nitrogens with one attached hydrogen (secondary N) is 2. The van der Waals surface area contributed by atoms with Gasteiger partial charge in [-0.05, 0) is 30.5 Å². The molecule has 1 aliphatic heterocycles. The number of methoxy groups -OCH3 is 3. The van der Waals surface area contributed by atoms with E-state index in [-0.39, 0.29) is 0 Å². The second kappa shape index (κ2) is 11.5. The molecule has 1 fully saturated rings. The van der Waals surface area contributed by atoms with E-state index in [2.05, 4.69) is 50.9 Å². The molecule has 7 nitrogen and oxygen atoms in total. The largest absolute Gasteiger partial charge is 0.493 e. The zero-order valence-electron chi connectivity index (χ0n) is 19.0. The van der Waals surface area contributed by atoms with E-state index >= 15 is 0 Å². The van der Waals surface area contributed by atoms with Gasteiger partial charge in [0, 0.05) is 44.8 Å². The van der Waals surface area contributed by atoms with Crippen molar-refractivity contribution in [2.45, 2.75) is 32.0 Å². The monoisotopic (exact) mass is 426 g/mol. The average Bonchev–Trinajstić information content (AvgIpc) is 2.82. The first-order valence-corrected chi connectivity index (χ1v) is 10.7. The minimum absolute atomic E-state index is 0.408. The third-order valence-corrected chi connectivity index (χ3v) is 5.63. The molecule has 2 aromatic rings. The zero-order valence-corrected chi connectivity index (χ0v) is 19.0. The second-order valence-electron chi connectivity index (χ2n) is 7.60. The molecule has 0 amide bonds. The summed E-state index contributed by atoms with van der Waals surface area (Å²) in [4.78, 5) is 6.91. The van der Waals surface area contributed by atoms with Crippen LogP contribution in [0.15, 0.2) is 47.5 Å². The molecule has 3 rings (SSSR count). The van der Waals surface area contributed by atoms with Gasteiger partial charge in [0.1, 0.15) is 0 Å². The number of likely N-dealkylation sites (tertiary alicyclic amines) is 1. The summed E-state index contributed by atoms with van der Waals surface area (Å²) >= 11 is 0. The van der Waals surface area contributed by atoms with Crippen molar-refractivity contribution in [1.82, 2.24) is 15.5 Å². The fourth-order valence-corrected chi connectivity index (χ4v) is 3.95. The van der Waals surface area contributed by atoms with Crippen LogP contribution in [-0.4, -0.2) is 58.4 Å². The highest BCUT2D eigenvalue weighted by atomic mass is 16.5. The van der Waals surface area contributed by atoms with Crippen molar-refractivity contribution in [3.63, 3.8) is 0 Å². The standard InChI is InChI=1S/C24H34N4O3/c1-25-24(26-16-19-10-11-21(29-2)23(31-4)22(19)30-3)27-20-12-14-28(15-13-20)17-18-8-6-5-7-9-18/h5-11,20H,12-17H2,1-4H3,(H2,25,26,27). The third-order valence-electron chi connectivity index (χ3n) is 5.63. The van der Waals surface area contributed by atoms with Crippen molar-refractivity contribution >= 4 is 5.96 Å². The quantitative estimate of drug-likeness (QED) is 0.500. The Balaban J connectivity index is 1.52. The van der Waals surface area contributed by atoms with E-state index in [0.29, 0.717) is 29.8 Å². The van der Waals surface area contributed by atoms with Gasteiger partial charge in [-0.1, -0.05) is 30.3 Å². The van der Waals surface area contributed by atoms with Crippen molar-refractivity contribution in [1.29, 1.82) is 0 Å². The van der Waals surface area contributed by atoms with Crippen LogP contribution < -0.4 is 24.8 Å². The molecule has 0 aliphatic carbocycles. The SMILES string of the molecule is CN=C(NCc1ccc(OC)c(OC)c1OC)NC1CCN(Cc2ccccc2)CC1. The summed E-state index contributed by atoms with van der Waals surface area (Å²) in [6.07, 6.45) is 2.18. The first-order chi connectivity index (χ1) is 15.2. The highest BCUT2D eigenvalue weighted by Gasteiger charge is 2.21. The van der Waals surface area contributed by atoms with Crippen LogP contribution in [0.2, 0.25) is 0 Å². The fourth-order valence-electron chi connectivity index (χ4n) is 3.95. The predicted octanol–water partition coefficient (Wildman–Crippen LogP) is 3.04. The van der Waals surface area contributed by atoms with Crippen molar-refractivity contribution < 1.29 is 14.2 Å². The van der Waals surface area contributed by atoms with Crippen LogP contribution in [0, 0.1) is 0 Å². The van der Waals surface area contributed by atoms with E-state index in [1.54, 1.807) is 28.4 Å². The first kappa shape index (κ1) is 22.7. The Hall–Kier alpha value is -2.93. The molecule has 0 unspecified atom stereocenters. The van der Waals surface area contributed by atoms with Gasteiger partial charge in [-0.15, -0.1) is 0 Å². The van der Waals surface area contributed by atoms with Crippen LogP contribution in [0.4, 0.5) is 0 Å². The zero-order chi connectivity index (χ0) is 22.1. The summed E-state index contributed by atoms with van der Waals surface area (Å²) in [6.45, 7) is 3.73. The summed E-state index contributed by atoms with van der Waals surface area (Å²) in [7, 11) is 6.66. The summed E-state index contributed by atoms with van der Waals surface area (Å²) in [5, 5.41) is 6.96. The van der Waals surface area contributed by atoms with Crippen molar-refractivity contribution in [2.75, 3.05) is 41.5 Å². The molecule has 1 aliphatic rings. The number of hydrogen-bond acceptors (Lipinski definition) is 5. The second-order valence-corrected chi connectivity index (χ2v) is 7.60. The maximum atomic E-state index is 5.58. The third kappa shape index (κ3) is 6.04. The number of aliphatic imine (C=N–C) groups is 1. The number of hydrogen-bond donors (Lipinski definition) is 2. The average molecular weight is 427 g/mol. The van der Waals surface area contributed by atoms with E-state index in [0.717, 1.165) is 44.0 Å². The summed E-state index contributed by atoms with van der Waals surface area (Å²) in [5.74, 6) is 2.70.